The molecule has 0 spiro atoms. The number of nitrogens with zero attached hydrogens (tertiary/aromatic N) is 2. The molecule has 0 radical (unpaired) electrons. The number of aryl methyl sites for hydroxylation is 2. The van der Waals surface area contributed by atoms with Crippen LogP contribution in [0.15, 0.2) is 35.6 Å². The number of H-pyrrole nitrogens is 1. The summed E-state index contributed by atoms with van der Waals surface area (Å²) in [6.07, 6.45) is 1.93. The molecule has 0 unspecified atom stereocenters. The standard InChI is InChI=1S/C18H21N5OS/c1-10-9-19-11(2)16(10)12(3)22-23-17(24)13(4)20-18-21-14-7-5-6-8-15(14)25-18/h5-9,13,19H,1-4H3,(H,20,21)(H,23,24)/b22-12+/t13-/m0/s1. The van der Waals surface area contributed by atoms with E-state index >= 15 is 0 Å². The number of hydrogen-bond donors (Lipinski definition) is 3. The normalized spacial score (nSPS) is 13.0. The van der Waals surface area contributed by atoms with E-state index in [0.717, 1.165) is 37.9 Å². The van der Waals surface area contributed by atoms with Gasteiger partial charge in [-0.2, -0.15) is 5.10 Å². The highest BCUT2D eigenvalue weighted by Crippen LogP contribution is 2.25. The Kier molecular flexibility index (Phi) is 4.85. The Morgan fingerprint density at radius 3 is 2.76 bits per heavy atom. The Hall–Kier alpha value is -2.67. The lowest BCUT2D eigenvalue weighted by Gasteiger charge is -2.11. The molecule has 1 aromatic carbocycles. The highest BCUT2D eigenvalue weighted by molar-refractivity contribution is 7.22. The Morgan fingerprint density at radius 2 is 2.08 bits per heavy atom. The Bertz CT molecular complexity index is 887. The number of rotatable bonds is 5. The zero-order valence-electron chi connectivity index (χ0n) is 14.7. The molecule has 0 saturated carbocycles. The summed E-state index contributed by atoms with van der Waals surface area (Å²) in [4.78, 5) is 19.9. The molecular weight excluding hydrogens is 334 g/mol. The van der Waals surface area contributed by atoms with E-state index in [9.17, 15) is 4.79 Å². The largest absolute Gasteiger partial charge is 0.364 e. The van der Waals surface area contributed by atoms with Crippen LogP contribution in [-0.4, -0.2) is 27.6 Å². The van der Waals surface area contributed by atoms with Crippen molar-refractivity contribution in [1.82, 2.24) is 15.4 Å². The van der Waals surface area contributed by atoms with Crippen LogP contribution in [0.2, 0.25) is 0 Å². The zero-order chi connectivity index (χ0) is 18.0. The number of carbonyl (C=O) groups is 1. The Labute approximate surface area is 150 Å². The van der Waals surface area contributed by atoms with Gasteiger partial charge in [0.2, 0.25) is 0 Å². The van der Waals surface area contributed by atoms with Crippen LogP contribution in [0.3, 0.4) is 0 Å². The lowest BCUT2D eigenvalue weighted by molar-refractivity contribution is -0.121. The predicted octanol–water partition coefficient (Wildman–Crippen LogP) is 3.58. The summed E-state index contributed by atoms with van der Waals surface area (Å²) in [5.41, 5.74) is 7.50. The molecule has 0 bridgehead atoms. The molecule has 25 heavy (non-hydrogen) atoms. The van der Waals surface area contributed by atoms with Crippen molar-refractivity contribution in [3.63, 3.8) is 0 Å². The topological polar surface area (TPSA) is 82.2 Å². The highest BCUT2D eigenvalue weighted by atomic mass is 32.1. The average Bonchev–Trinajstić information content (AvgIpc) is 3.14. The van der Waals surface area contributed by atoms with Crippen molar-refractivity contribution < 1.29 is 4.79 Å². The van der Waals surface area contributed by atoms with Gasteiger partial charge in [-0.15, -0.1) is 0 Å². The second-order valence-corrected chi connectivity index (χ2v) is 7.03. The number of carbonyl (C=O) groups excluding carboxylic acids is 1. The molecule has 0 fully saturated rings. The average molecular weight is 355 g/mol. The number of hydrazone groups is 1. The van der Waals surface area contributed by atoms with E-state index in [-0.39, 0.29) is 5.91 Å². The molecule has 6 nitrogen and oxygen atoms in total. The number of aromatic nitrogens is 2. The van der Waals surface area contributed by atoms with Crippen LogP contribution >= 0.6 is 11.3 Å². The van der Waals surface area contributed by atoms with E-state index in [1.165, 1.54) is 11.3 Å². The minimum absolute atomic E-state index is 0.204. The lowest BCUT2D eigenvalue weighted by Crippen LogP contribution is -2.35. The number of amides is 1. The number of benzene rings is 1. The van der Waals surface area contributed by atoms with Gasteiger partial charge in [0, 0.05) is 17.5 Å². The van der Waals surface area contributed by atoms with Crippen LogP contribution in [0.4, 0.5) is 5.13 Å². The molecule has 2 aromatic heterocycles. The van der Waals surface area contributed by atoms with Crippen LogP contribution in [0.5, 0.6) is 0 Å². The smallest absolute Gasteiger partial charge is 0.262 e. The maximum Gasteiger partial charge on any atom is 0.262 e. The highest BCUT2D eigenvalue weighted by Gasteiger charge is 2.15. The third-order valence-corrected chi connectivity index (χ3v) is 4.96. The summed E-state index contributed by atoms with van der Waals surface area (Å²) in [7, 11) is 0. The van der Waals surface area contributed by atoms with Crippen molar-refractivity contribution in [3.05, 3.63) is 47.3 Å². The monoisotopic (exact) mass is 355 g/mol. The van der Waals surface area contributed by atoms with Crippen LogP contribution in [-0.2, 0) is 4.79 Å². The maximum atomic E-state index is 12.3. The third-order valence-electron chi connectivity index (χ3n) is 4.00. The van der Waals surface area contributed by atoms with E-state index in [4.69, 9.17) is 0 Å². The van der Waals surface area contributed by atoms with Gasteiger partial charge < -0.3 is 10.3 Å². The van der Waals surface area contributed by atoms with Crippen molar-refractivity contribution >= 4 is 38.3 Å². The fraction of sp³-hybridized carbons (Fsp3) is 0.278. The molecule has 3 rings (SSSR count). The predicted molar refractivity (Wildman–Crippen MR) is 103 cm³/mol. The number of fused-ring (bicyclic) bond motifs is 1. The molecule has 130 valence electrons. The lowest BCUT2D eigenvalue weighted by atomic mass is 10.1. The fourth-order valence-corrected chi connectivity index (χ4v) is 3.64. The van der Waals surface area contributed by atoms with E-state index in [2.05, 4.69) is 25.8 Å². The molecule has 0 aliphatic carbocycles. The van der Waals surface area contributed by atoms with E-state index in [0.29, 0.717) is 0 Å². The molecular formula is C18H21N5OS. The maximum absolute atomic E-state index is 12.3. The van der Waals surface area contributed by atoms with Gasteiger partial charge in [-0.1, -0.05) is 23.5 Å². The van der Waals surface area contributed by atoms with Crippen molar-refractivity contribution in [2.75, 3.05) is 5.32 Å². The number of hydrogen-bond acceptors (Lipinski definition) is 5. The van der Waals surface area contributed by atoms with Crippen LogP contribution < -0.4 is 10.7 Å². The second-order valence-electron chi connectivity index (χ2n) is 6.00. The summed E-state index contributed by atoms with van der Waals surface area (Å²) in [5, 5.41) is 8.09. The summed E-state index contributed by atoms with van der Waals surface area (Å²) < 4.78 is 1.09. The first kappa shape index (κ1) is 17.2. The first-order chi connectivity index (χ1) is 12.0. The van der Waals surface area contributed by atoms with Gasteiger partial charge in [0.15, 0.2) is 5.13 Å². The number of thiazole rings is 1. The zero-order valence-corrected chi connectivity index (χ0v) is 15.5. The summed E-state index contributed by atoms with van der Waals surface area (Å²) in [6.45, 7) is 7.67. The fourth-order valence-electron chi connectivity index (χ4n) is 2.69. The summed E-state index contributed by atoms with van der Waals surface area (Å²) >= 11 is 1.53. The molecule has 0 aliphatic heterocycles. The van der Waals surface area contributed by atoms with E-state index in [1.54, 1.807) is 6.92 Å². The van der Waals surface area contributed by atoms with Gasteiger partial charge >= 0.3 is 0 Å². The van der Waals surface area contributed by atoms with Crippen molar-refractivity contribution in [1.29, 1.82) is 0 Å². The van der Waals surface area contributed by atoms with Gasteiger partial charge in [-0.3, -0.25) is 4.79 Å². The van der Waals surface area contributed by atoms with E-state index in [1.807, 2.05) is 51.2 Å². The second kappa shape index (κ2) is 7.06. The van der Waals surface area contributed by atoms with Crippen LogP contribution in [0, 0.1) is 13.8 Å². The number of para-hydroxylation sites is 1. The van der Waals surface area contributed by atoms with Crippen LogP contribution in [0.25, 0.3) is 10.2 Å². The first-order valence-electron chi connectivity index (χ1n) is 8.07. The van der Waals surface area contributed by atoms with Crippen molar-refractivity contribution in [2.45, 2.75) is 33.7 Å². The van der Waals surface area contributed by atoms with Gasteiger partial charge in [0.05, 0.1) is 15.9 Å². The quantitative estimate of drug-likeness (QED) is 0.483. The molecule has 1 atom stereocenters. The van der Waals surface area contributed by atoms with Crippen LogP contribution in [0.1, 0.15) is 30.7 Å². The number of anilines is 1. The van der Waals surface area contributed by atoms with Gasteiger partial charge in [-0.05, 0) is 45.4 Å². The minimum Gasteiger partial charge on any atom is -0.364 e. The molecule has 0 saturated heterocycles. The minimum atomic E-state index is -0.439. The summed E-state index contributed by atoms with van der Waals surface area (Å²) in [5.74, 6) is -0.204. The van der Waals surface area contributed by atoms with Gasteiger partial charge in [0.1, 0.15) is 6.04 Å². The van der Waals surface area contributed by atoms with Gasteiger partial charge in [-0.25, -0.2) is 10.4 Å². The number of nitrogens with one attached hydrogen (secondary N) is 3. The molecule has 0 aliphatic rings. The molecule has 1 amide bonds. The third kappa shape index (κ3) is 3.71. The summed E-state index contributed by atoms with van der Waals surface area (Å²) in [6, 6.07) is 7.45. The molecule has 3 N–H and O–H groups in total. The Morgan fingerprint density at radius 1 is 1.32 bits per heavy atom. The molecule has 7 heteroatoms. The molecule has 2 heterocycles. The SMILES string of the molecule is C/C(=N\NC(=O)[C@H](C)Nc1nc2ccccc2s1)c1c(C)c[nH]c1C. The van der Waals surface area contributed by atoms with Crippen molar-refractivity contribution in [2.24, 2.45) is 5.10 Å². The number of aromatic amines is 1. The first-order valence-corrected chi connectivity index (χ1v) is 8.88. The van der Waals surface area contributed by atoms with Crippen molar-refractivity contribution in [3.8, 4) is 0 Å². The van der Waals surface area contributed by atoms with E-state index < -0.39 is 6.04 Å². The van der Waals surface area contributed by atoms with Gasteiger partial charge in [0.25, 0.3) is 5.91 Å². The Balaban J connectivity index is 1.65. The molecule has 3 aromatic rings.